The number of nitrogens with zero attached hydrogens (tertiary/aromatic N) is 1. The van der Waals surface area contributed by atoms with Gasteiger partial charge in [0.2, 0.25) is 5.91 Å². The molecule has 40 heavy (non-hydrogen) atoms. The van der Waals surface area contributed by atoms with Crippen molar-refractivity contribution in [2.75, 3.05) is 24.9 Å². The van der Waals surface area contributed by atoms with Gasteiger partial charge in [-0.05, 0) is 35.6 Å². The SMILES string of the molecule is Br.CCCCCCCCCCCCCCOc1c(CC(=O)Nc2cccc(CN3C=CSC3)c2)cccc1OC. The summed E-state index contributed by atoms with van der Waals surface area (Å²) in [7, 11) is 1.65. The van der Waals surface area contributed by atoms with Crippen LogP contribution in [0.15, 0.2) is 54.1 Å². The minimum absolute atomic E-state index is 0. The van der Waals surface area contributed by atoms with Crippen molar-refractivity contribution >= 4 is 40.3 Å². The molecule has 2 aromatic carbocycles. The number of nitrogens with one attached hydrogen (secondary N) is 1. The number of carbonyl (C=O) groups excluding carboxylic acids is 1. The minimum atomic E-state index is -0.0627. The molecule has 0 spiro atoms. The number of carbonyl (C=O) groups is 1. The normalized spacial score (nSPS) is 12.3. The van der Waals surface area contributed by atoms with Crippen molar-refractivity contribution in [1.29, 1.82) is 0 Å². The molecule has 7 heteroatoms. The van der Waals surface area contributed by atoms with Crippen LogP contribution in [0.3, 0.4) is 0 Å². The molecular weight excluding hydrogens is 584 g/mol. The number of ether oxygens (including phenoxy) is 2. The van der Waals surface area contributed by atoms with Crippen LogP contribution in [0.1, 0.15) is 95.1 Å². The zero-order chi connectivity index (χ0) is 27.5. The van der Waals surface area contributed by atoms with Gasteiger partial charge < -0.3 is 19.7 Å². The van der Waals surface area contributed by atoms with Crippen LogP contribution in [0.5, 0.6) is 11.5 Å². The second kappa shape index (κ2) is 20.7. The quantitative estimate of drug-likeness (QED) is 0.147. The Morgan fingerprint density at radius 1 is 0.925 bits per heavy atom. The third-order valence-electron chi connectivity index (χ3n) is 7.08. The van der Waals surface area contributed by atoms with Crippen LogP contribution < -0.4 is 14.8 Å². The lowest BCUT2D eigenvalue weighted by atomic mass is 10.1. The molecule has 5 nitrogen and oxygen atoms in total. The molecule has 1 aliphatic heterocycles. The molecule has 0 radical (unpaired) electrons. The number of hydrogen-bond donors (Lipinski definition) is 1. The zero-order valence-corrected chi connectivity index (χ0v) is 27.0. The van der Waals surface area contributed by atoms with Crippen LogP contribution in [0, 0.1) is 0 Å². The number of amides is 1. The third-order valence-corrected chi connectivity index (χ3v) is 7.88. The summed E-state index contributed by atoms with van der Waals surface area (Å²) in [5.41, 5.74) is 2.84. The second-order valence-corrected chi connectivity index (χ2v) is 11.3. The van der Waals surface area contributed by atoms with Crippen molar-refractivity contribution in [3.05, 3.63) is 65.2 Å². The number of halogens is 1. The van der Waals surface area contributed by atoms with Crippen LogP contribution >= 0.6 is 28.7 Å². The molecule has 0 saturated heterocycles. The highest BCUT2D eigenvalue weighted by Gasteiger charge is 2.15. The molecule has 1 amide bonds. The summed E-state index contributed by atoms with van der Waals surface area (Å²) in [6.07, 6.45) is 18.1. The maximum atomic E-state index is 12.9. The average Bonchev–Trinajstić information content (AvgIpc) is 3.45. The highest BCUT2D eigenvalue weighted by atomic mass is 79.9. The van der Waals surface area contributed by atoms with Gasteiger partial charge in [0.15, 0.2) is 11.5 Å². The largest absolute Gasteiger partial charge is 0.493 e. The van der Waals surface area contributed by atoms with Gasteiger partial charge in [-0.15, -0.1) is 28.7 Å². The Hall–Kier alpha value is -2.12. The van der Waals surface area contributed by atoms with Crippen molar-refractivity contribution in [3.63, 3.8) is 0 Å². The zero-order valence-electron chi connectivity index (χ0n) is 24.5. The number of methoxy groups -OCH3 is 1. The van der Waals surface area contributed by atoms with Gasteiger partial charge in [0, 0.05) is 24.0 Å². The summed E-state index contributed by atoms with van der Waals surface area (Å²) in [5.74, 6) is 2.27. The summed E-state index contributed by atoms with van der Waals surface area (Å²) in [4.78, 5) is 15.2. The molecule has 1 aliphatic rings. The van der Waals surface area contributed by atoms with E-state index in [1.807, 2.05) is 36.4 Å². The number of rotatable bonds is 20. The Bertz CT molecular complexity index is 1020. The van der Waals surface area contributed by atoms with E-state index in [-0.39, 0.29) is 29.3 Å². The van der Waals surface area contributed by atoms with E-state index in [4.69, 9.17) is 9.47 Å². The number of anilines is 1. The fraction of sp³-hybridized carbons (Fsp3) is 0.545. The second-order valence-electron chi connectivity index (χ2n) is 10.4. The Balaban J connectivity index is 0.00000560. The minimum Gasteiger partial charge on any atom is -0.493 e. The Morgan fingerprint density at radius 3 is 2.25 bits per heavy atom. The summed E-state index contributed by atoms with van der Waals surface area (Å²) in [6.45, 7) is 3.74. The number of thioether (sulfide) groups is 1. The topological polar surface area (TPSA) is 50.8 Å². The molecule has 3 rings (SSSR count). The number of unbranched alkanes of at least 4 members (excludes halogenated alkanes) is 11. The monoisotopic (exact) mass is 632 g/mol. The molecule has 2 aromatic rings. The van der Waals surface area contributed by atoms with E-state index < -0.39 is 0 Å². The predicted molar refractivity (Wildman–Crippen MR) is 176 cm³/mol. The lowest BCUT2D eigenvalue weighted by Gasteiger charge is -2.16. The van der Waals surface area contributed by atoms with Gasteiger partial charge in [-0.1, -0.05) is 102 Å². The highest BCUT2D eigenvalue weighted by Crippen LogP contribution is 2.32. The van der Waals surface area contributed by atoms with E-state index in [9.17, 15) is 4.79 Å². The Kier molecular flexibility index (Phi) is 17.6. The highest BCUT2D eigenvalue weighted by molar-refractivity contribution is 8.93. The molecule has 0 saturated carbocycles. The van der Waals surface area contributed by atoms with E-state index in [0.717, 1.165) is 30.1 Å². The van der Waals surface area contributed by atoms with Crippen LogP contribution in [0.2, 0.25) is 0 Å². The van der Waals surface area contributed by atoms with Crippen molar-refractivity contribution in [2.45, 2.75) is 96.9 Å². The standard InChI is InChI=1S/C33H48N2O3S.BrH/c1-3-4-5-6-7-8-9-10-11-12-13-14-22-38-33-29(18-16-20-31(33)37-2)25-32(36)34-30-19-15-17-28(24-30)26-35-21-23-39-27-35;/h15-21,23-24H,3-14,22,25-27H2,1-2H3,(H,34,36);1H. The molecule has 1 heterocycles. The van der Waals surface area contributed by atoms with E-state index in [1.165, 1.54) is 76.2 Å². The molecular formula is C33H49BrN2O3S. The molecule has 0 aromatic heterocycles. The Morgan fingerprint density at radius 2 is 1.60 bits per heavy atom. The van der Waals surface area contributed by atoms with Crippen molar-refractivity contribution in [3.8, 4) is 11.5 Å². The van der Waals surface area contributed by atoms with Gasteiger partial charge in [-0.25, -0.2) is 0 Å². The molecule has 0 unspecified atom stereocenters. The van der Waals surface area contributed by atoms with Crippen molar-refractivity contribution in [1.82, 2.24) is 4.90 Å². The first-order valence-corrected chi connectivity index (χ1v) is 15.9. The van der Waals surface area contributed by atoms with Crippen LogP contribution in [-0.4, -0.2) is 30.4 Å². The smallest absolute Gasteiger partial charge is 0.228 e. The lowest BCUT2D eigenvalue weighted by Crippen LogP contribution is -2.16. The van der Waals surface area contributed by atoms with Gasteiger partial charge in [0.05, 0.1) is 26.0 Å². The third kappa shape index (κ3) is 13.0. The van der Waals surface area contributed by atoms with Gasteiger partial charge in [0.1, 0.15) is 0 Å². The summed E-state index contributed by atoms with van der Waals surface area (Å²) in [6, 6.07) is 13.8. The first-order chi connectivity index (χ1) is 19.2. The predicted octanol–water partition coefficient (Wildman–Crippen LogP) is 9.51. The maximum absolute atomic E-state index is 12.9. The van der Waals surface area contributed by atoms with Gasteiger partial charge in [-0.2, -0.15) is 0 Å². The fourth-order valence-corrected chi connectivity index (χ4v) is 5.62. The molecule has 0 atom stereocenters. The average molecular weight is 634 g/mol. The molecule has 1 N–H and O–H groups in total. The Labute approximate surface area is 257 Å². The van der Waals surface area contributed by atoms with Gasteiger partial charge >= 0.3 is 0 Å². The molecule has 222 valence electrons. The van der Waals surface area contributed by atoms with Gasteiger partial charge in [0.25, 0.3) is 0 Å². The van der Waals surface area contributed by atoms with E-state index in [0.29, 0.717) is 18.1 Å². The summed E-state index contributed by atoms with van der Waals surface area (Å²) < 4.78 is 11.7. The van der Waals surface area contributed by atoms with E-state index in [1.54, 1.807) is 18.9 Å². The fourth-order valence-electron chi connectivity index (χ4n) is 4.91. The number of para-hydroxylation sites is 1. The van der Waals surface area contributed by atoms with Gasteiger partial charge in [-0.3, -0.25) is 4.79 Å². The van der Waals surface area contributed by atoms with Crippen LogP contribution in [0.25, 0.3) is 0 Å². The van der Waals surface area contributed by atoms with Crippen molar-refractivity contribution < 1.29 is 14.3 Å². The van der Waals surface area contributed by atoms with Crippen molar-refractivity contribution in [2.24, 2.45) is 0 Å². The first-order valence-electron chi connectivity index (χ1n) is 14.9. The summed E-state index contributed by atoms with van der Waals surface area (Å²) in [5, 5.41) is 5.17. The first kappa shape index (κ1) is 34.1. The molecule has 0 aliphatic carbocycles. The molecule has 0 bridgehead atoms. The molecule has 0 fully saturated rings. The van der Waals surface area contributed by atoms with E-state index >= 15 is 0 Å². The maximum Gasteiger partial charge on any atom is 0.228 e. The van der Waals surface area contributed by atoms with Crippen LogP contribution in [-0.2, 0) is 17.8 Å². The number of benzene rings is 2. The summed E-state index contributed by atoms with van der Waals surface area (Å²) >= 11 is 1.79. The lowest BCUT2D eigenvalue weighted by molar-refractivity contribution is -0.115. The number of hydrogen-bond acceptors (Lipinski definition) is 5. The van der Waals surface area contributed by atoms with E-state index in [2.05, 4.69) is 34.8 Å². The van der Waals surface area contributed by atoms with Crippen LogP contribution in [0.4, 0.5) is 5.69 Å².